The van der Waals surface area contributed by atoms with E-state index in [1.54, 1.807) is 30.3 Å². The molecule has 1 atom stereocenters. The van der Waals surface area contributed by atoms with Crippen molar-refractivity contribution in [3.05, 3.63) is 64.5 Å². The molecule has 1 aliphatic heterocycles. The van der Waals surface area contributed by atoms with Gasteiger partial charge in [0, 0.05) is 21.5 Å². The van der Waals surface area contributed by atoms with Crippen molar-refractivity contribution < 1.29 is 13.2 Å². The van der Waals surface area contributed by atoms with Gasteiger partial charge in [-0.2, -0.15) is 0 Å². The minimum absolute atomic E-state index is 0.157. The average molecular weight is 475 g/mol. The summed E-state index contributed by atoms with van der Waals surface area (Å²) in [5.74, 6) is -0.353. The van der Waals surface area contributed by atoms with E-state index in [0.717, 1.165) is 11.3 Å². The highest BCUT2D eigenvalue weighted by Crippen LogP contribution is 2.27. The third-order valence-electron chi connectivity index (χ3n) is 4.71. The van der Waals surface area contributed by atoms with Crippen molar-refractivity contribution in [2.75, 3.05) is 5.32 Å². The zero-order valence-corrected chi connectivity index (χ0v) is 19.1. The van der Waals surface area contributed by atoms with E-state index in [0.29, 0.717) is 15.7 Å². The van der Waals surface area contributed by atoms with E-state index in [-0.39, 0.29) is 22.6 Å². The van der Waals surface area contributed by atoms with E-state index in [9.17, 15) is 13.2 Å². The minimum Gasteiger partial charge on any atom is -0.300 e. The Hall–Kier alpha value is -2.75. The van der Waals surface area contributed by atoms with E-state index in [2.05, 4.69) is 20.0 Å². The van der Waals surface area contributed by atoms with Crippen LogP contribution >= 0.6 is 22.9 Å². The molecule has 0 fully saturated rings. The number of benzene rings is 2. The summed E-state index contributed by atoms with van der Waals surface area (Å²) in [6, 6.07) is 13.0. The van der Waals surface area contributed by atoms with Crippen molar-refractivity contribution in [1.82, 2.24) is 9.71 Å². The van der Waals surface area contributed by atoms with Crippen molar-refractivity contribution >= 4 is 49.8 Å². The van der Waals surface area contributed by atoms with Gasteiger partial charge in [-0.25, -0.2) is 13.4 Å². The lowest BCUT2D eigenvalue weighted by Gasteiger charge is -2.16. The Morgan fingerprint density at radius 1 is 1.16 bits per heavy atom. The van der Waals surface area contributed by atoms with E-state index in [1.807, 2.05) is 31.4 Å². The van der Waals surface area contributed by atoms with Gasteiger partial charge in [0.2, 0.25) is 0 Å². The van der Waals surface area contributed by atoms with Crippen molar-refractivity contribution in [2.45, 2.75) is 24.8 Å². The minimum atomic E-state index is -3.67. The lowest BCUT2D eigenvalue weighted by atomic mass is 10.0. The van der Waals surface area contributed by atoms with Gasteiger partial charge < -0.3 is 5.32 Å². The van der Waals surface area contributed by atoms with E-state index in [1.165, 1.54) is 17.4 Å². The summed E-state index contributed by atoms with van der Waals surface area (Å²) in [5.41, 5.74) is 2.07. The number of hydrogen-bond acceptors (Lipinski definition) is 6. The average Bonchev–Trinajstić information content (AvgIpc) is 3.29. The second kappa shape index (κ2) is 8.41. The van der Waals surface area contributed by atoms with E-state index >= 15 is 0 Å². The molecule has 2 aromatic carbocycles. The molecule has 1 aromatic heterocycles. The number of amidine groups is 1. The number of rotatable bonds is 5. The second-order valence-electron chi connectivity index (χ2n) is 7.30. The van der Waals surface area contributed by atoms with Gasteiger partial charge >= 0.3 is 0 Å². The smallest absolute Gasteiger partial charge is 0.263 e. The van der Waals surface area contributed by atoms with Crippen LogP contribution in [0.4, 0.5) is 5.13 Å². The molecule has 1 aliphatic rings. The van der Waals surface area contributed by atoms with E-state index in [4.69, 9.17) is 11.6 Å². The number of nitrogens with zero attached hydrogens (tertiary/aromatic N) is 2. The predicted octanol–water partition coefficient (Wildman–Crippen LogP) is 4.17. The zero-order valence-electron chi connectivity index (χ0n) is 16.7. The van der Waals surface area contributed by atoms with Crippen LogP contribution in [0.2, 0.25) is 5.02 Å². The van der Waals surface area contributed by atoms with Gasteiger partial charge in [0.15, 0.2) is 5.13 Å². The Labute approximate surface area is 189 Å². The fourth-order valence-electron chi connectivity index (χ4n) is 3.14. The van der Waals surface area contributed by atoms with Gasteiger partial charge in [0.25, 0.3) is 15.9 Å². The maximum absolute atomic E-state index is 13.0. The molecule has 3 aromatic rings. The first kappa shape index (κ1) is 21.5. The molecule has 2 heterocycles. The molecule has 0 saturated heterocycles. The summed E-state index contributed by atoms with van der Waals surface area (Å²) in [4.78, 5) is 22.0. The van der Waals surface area contributed by atoms with Crippen molar-refractivity contribution in [3.8, 4) is 11.3 Å². The first-order chi connectivity index (χ1) is 14.7. The SMILES string of the molecule is CC(C)[C@H](N=C1NS(=O)(=O)c2ccccc21)C(=O)Nc1nc(-c2ccc(Cl)cc2)cs1. The quantitative estimate of drug-likeness (QED) is 0.579. The first-order valence-corrected chi connectivity index (χ1v) is 12.2. The van der Waals surface area contributed by atoms with Gasteiger partial charge in [-0.1, -0.05) is 49.7 Å². The molecular weight excluding hydrogens is 456 g/mol. The standard InChI is InChI=1S/C21H19ClN4O3S2/c1-12(2)18(24-19-15-5-3-4-6-17(15)31(28,29)26-19)20(27)25-21-23-16(11-30-21)13-7-9-14(22)10-8-13/h3-12,18H,1-2H3,(H,24,26)(H,23,25,27)/t18-/m0/s1. The zero-order chi connectivity index (χ0) is 22.2. The lowest BCUT2D eigenvalue weighted by Crippen LogP contribution is -2.34. The Morgan fingerprint density at radius 2 is 1.87 bits per heavy atom. The van der Waals surface area contributed by atoms with Crippen LogP contribution in [0.5, 0.6) is 0 Å². The number of hydrogen-bond donors (Lipinski definition) is 2. The summed E-state index contributed by atoms with van der Waals surface area (Å²) in [7, 11) is -3.67. The van der Waals surface area contributed by atoms with Crippen LogP contribution in [0.1, 0.15) is 19.4 Å². The van der Waals surface area contributed by atoms with Gasteiger partial charge in [-0.3, -0.25) is 14.5 Å². The van der Waals surface area contributed by atoms with Crippen LogP contribution in [0.15, 0.2) is 63.8 Å². The maximum atomic E-state index is 13.0. The number of fused-ring (bicyclic) bond motifs is 1. The van der Waals surface area contributed by atoms with Crippen LogP contribution in [0.25, 0.3) is 11.3 Å². The topological polar surface area (TPSA) is 101 Å². The molecule has 0 bridgehead atoms. The van der Waals surface area contributed by atoms with Gasteiger partial charge in [0.05, 0.1) is 10.6 Å². The fraction of sp³-hybridized carbons (Fsp3) is 0.190. The van der Waals surface area contributed by atoms with Crippen LogP contribution in [0.3, 0.4) is 0 Å². The van der Waals surface area contributed by atoms with Crippen LogP contribution in [-0.4, -0.2) is 31.2 Å². The highest BCUT2D eigenvalue weighted by Gasteiger charge is 2.32. The number of nitrogens with one attached hydrogen (secondary N) is 2. The largest absolute Gasteiger partial charge is 0.300 e. The summed E-state index contributed by atoms with van der Waals surface area (Å²) in [6.07, 6.45) is 0. The monoisotopic (exact) mass is 474 g/mol. The number of halogens is 1. The second-order valence-corrected chi connectivity index (χ2v) is 10.2. The molecule has 10 heteroatoms. The molecule has 0 aliphatic carbocycles. The molecule has 0 unspecified atom stereocenters. The number of aliphatic imine (C=N–C) groups is 1. The Kier molecular flexibility index (Phi) is 5.83. The van der Waals surface area contributed by atoms with Crippen molar-refractivity contribution in [2.24, 2.45) is 10.9 Å². The van der Waals surface area contributed by atoms with Gasteiger partial charge in [-0.05, 0) is 30.2 Å². The number of amides is 1. The van der Waals surface area contributed by atoms with Crippen LogP contribution < -0.4 is 10.0 Å². The first-order valence-electron chi connectivity index (χ1n) is 9.47. The third kappa shape index (κ3) is 4.48. The number of sulfonamides is 1. The summed E-state index contributed by atoms with van der Waals surface area (Å²) >= 11 is 7.23. The highest BCUT2D eigenvalue weighted by molar-refractivity contribution is 7.90. The molecule has 0 radical (unpaired) electrons. The molecule has 1 amide bonds. The molecule has 4 rings (SSSR count). The number of aromatic nitrogens is 1. The van der Waals surface area contributed by atoms with E-state index < -0.39 is 16.1 Å². The van der Waals surface area contributed by atoms with Gasteiger partial charge in [-0.15, -0.1) is 11.3 Å². The molecular formula is C21H19ClN4O3S2. The molecule has 0 spiro atoms. The number of thiazole rings is 1. The third-order valence-corrected chi connectivity index (χ3v) is 7.11. The summed E-state index contributed by atoms with van der Waals surface area (Å²) < 4.78 is 27.1. The Bertz CT molecular complexity index is 1270. The summed E-state index contributed by atoms with van der Waals surface area (Å²) in [6.45, 7) is 3.70. The highest BCUT2D eigenvalue weighted by atomic mass is 35.5. The van der Waals surface area contributed by atoms with Crippen LogP contribution in [-0.2, 0) is 14.8 Å². The van der Waals surface area contributed by atoms with Crippen LogP contribution in [0, 0.1) is 5.92 Å². The van der Waals surface area contributed by atoms with Gasteiger partial charge in [0.1, 0.15) is 11.9 Å². The molecule has 7 nitrogen and oxygen atoms in total. The number of anilines is 1. The summed E-state index contributed by atoms with van der Waals surface area (Å²) in [5, 5.41) is 5.72. The number of carbonyl (C=O) groups excluding carboxylic acids is 1. The normalized spacial score (nSPS) is 16.7. The molecule has 160 valence electrons. The molecule has 2 N–H and O–H groups in total. The fourth-order valence-corrected chi connectivity index (χ4v) is 5.23. The molecule has 0 saturated carbocycles. The lowest BCUT2D eigenvalue weighted by molar-refractivity contribution is -0.118. The Morgan fingerprint density at radius 3 is 2.58 bits per heavy atom. The maximum Gasteiger partial charge on any atom is 0.263 e. The van der Waals surface area contributed by atoms with Crippen molar-refractivity contribution in [1.29, 1.82) is 0 Å². The predicted molar refractivity (Wildman–Crippen MR) is 123 cm³/mol. The number of carbonyl (C=O) groups is 1. The van der Waals surface area contributed by atoms with Crippen molar-refractivity contribution in [3.63, 3.8) is 0 Å². The molecule has 31 heavy (non-hydrogen) atoms. The Balaban J connectivity index is 1.57.